The summed E-state index contributed by atoms with van der Waals surface area (Å²) < 4.78 is 0. The molecule has 0 aromatic heterocycles. The Bertz CT molecular complexity index is 337. The van der Waals surface area contributed by atoms with Crippen LogP contribution in [-0.2, 0) is 0 Å². The van der Waals surface area contributed by atoms with Crippen molar-refractivity contribution in [2.24, 2.45) is 4.99 Å². The van der Waals surface area contributed by atoms with Crippen molar-refractivity contribution in [3.63, 3.8) is 0 Å². The van der Waals surface area contributed by atoms with Crippen LogP contribution in [-0.4, -0.2) is 24.3 Å². The largest absolute Gasteiger partial charge is 0.363 e. The minimum Gasteiger partial charge on any atom is -0.363 e. The molecule has 1 aliphatic rings. The zero-order chi connectivity index (χ0) is 11.2. The van der Waals surface area contributed by atoms with Crippen molar-refractivity contribution < 1.29 is 0 Å². The van der Waals surface area contributed by atoms with Crippen LogP contribution >= 0.6 is 11.6 Å². The summed E-state index contributed by atoms with van der Waals surface area (Å²) in [6.07, 6.45) is 7.24. The zero-order valence-electron chi connectivity index (χ0n) is 9.40. The summed E-state index contributed by atoms with van der Waals surface area (Å²) in [5, 5.41) is 0.758. The standard InChI is InChI=1S/C13H17ClN2/c14-12-5-7-13(8-6-12)15-11-16-9-3-1-2-4-10-16/h5-8,11H,1-4,9-10H2. The molecule has 0 amide bonds. The van der Waals surface area contributed by atoms with Crippen LogP contribution in [0.25, 0.3) is 0 Å². The fourth-order valence-corrected chi connectivity index (χ4v) is 2.01. The van der Waals surface area contributed by atoms with Gasteiger partial charge in [0.15, 0.2) is 0 Å². The molecule has 2 rings (SSSR count). The Balaban J connectivity index is 1.94. The van der Waals surface area contributed by atoms with Gasteiger partial charge in [0.25, 0.3) is 0 Å². The maximum Gasteiger partial charge on any atom is 0.0912 e. The number of likely N-dealkylation sites (tertiary alicyclic amines) is 1. The van der Waals surface area contributed by atoms with Gasteiger partial charge in [0, 0.05) is 18.1 Å². The second kappa shape index (κ2) is 5.90. The first-order valence-electron chi connectivity index (χ1n) is 5.88. The van der Waals surface area contributed by atoms with Crippen LogP contribution in [0.2, 0.25) is 5.02 Å². The average molecular weight is 237 g/mol. The molecule has 0 N–H and O–H groups in total. The van der Waals surface area contributed by atoms with E-state index in [1.807, 2.05) is 30.6 Å². The van der Waals surface area contributed by atoms with Crippen LogP contribution < -0.4 is 0 Å². The highest BCUT2D eigenvalue weighted by Gasteiger charge is 2.04. The number of aliphatic imine (C=N–C) groups is 1. The summed E-state index contributed by atoms with van der Waals surface area (Å²) in [7, 11) is 0. The molecule has 0 radical (unpaired) electrons. The van der Waals surface area contributed by atoms with Gasteiger partial charge in [-0.2, -0.15) is 0 Å². The molecule has 3 heteroatoms. The first-order valence-corrected chi connectivity index (χ1v) is 6.26. The molecule has 16 heavy (non-hydrogen) atoms. The van der Waals surface area contributed by atoms with Gasteiger partial charge in [0.1, 0.15) is 0 Å². The fourth-order valence-electron chi connectivity index (χ4n) is 1.89. The highest BCUT2D eigenvalue weighted by molar-refractivity contribution is 6.30. The van der Waals surface area contributed by atoms with E-state index in [0.29, 0.717) is 0 Å². The van der Waals surface area contributed by atoms with Gasteiger partial charge in [-0.15, -0.1) is 0 Å². The van der Waals surface area contributed by atoms with Crippen molar-refractivity contribution in [3.05, 3.63) is 29.3 Å². The normalized spacial score (nSPS) is 17.7. The lowest BCUT2D eigenvalue weighted by Gasteiger charge is -2.15. The van der Waals surface area contributed by atoms with Crippen LogP contribution in [0.5, 0.6) is 0 Å². The predicted molar refractivity (Wildman–Crippen MR) is 69.6 cm³/mol. The molecule has 1 saturated heterocycles. The summed E-state index contributed by atoms with van der Waals surface area (Å²) in [6.45, 7) is 2.27. The van der Waals surface area contributed by atoms with Crippen LogP contribution in [0.1, 0.15) is 25.7 Å². The maximum atomic E-state index is 5.82. The third-order valence-electron chi connectivity index (χ3n) is 2.84. The van der Waals surface area contributed by atoms with Crippen LogP contribution in [0.15, 0.2) is 29.3 Å². The summed E-state index contributed by atoms with van der Waals surface area (Å²) in [6, 6.07) is 7.63. The van der Waals surface area contributed by atoms with Gasteiger partial charge in [-0.05, 0) is 37.1 Å². The Morgan fingerprint density at radius 1 is 1.00 bits per heavy atom. The summed E-state index contributed by atoms with van der Waals surface area (Å²) in [4.78, 5) is 6.76. The molecule has 0 bridgehead atoms. The molecule has 0 saturated carbocycles. The second-order valence-corrected chi connectivity index (χ2v) is 4.61. The quantitative estimate of drug-likeness (QED) is 0.562. The lowest BCUT2D eigenvalue weighted by Crippen LogP contribution is -2.22. The van der Waals surface area contributed by atoms with Gasteiger partial charge in [-0.25, -0.2) is 4.99 Å². The van der Waals surface area contributed by atoms with E-state index in [4.69, 9.17) is 11.6 Å². The van der Waals surface area contributed by atoms with Crippen molar-refractivity contribution >= 4 is 23.6 Å². The Morgan fingerprint density at radius 3 is 2.25 bits per heavy atom. The van der Waals surface area contributed by atoms with Crippen molar-refractivity contribution in [2.45, 2.75) is 25.7 Å². The molecule has 0 unspecified atom stereocenters. The summed E-state index contributed by atoms with van der Waals surface area (Å²) in [5.41, 5.74) is 0.966. The molecule has 0 atom stereocenters. The number of hydrogen-bond donors (Lipinski definition) is 0. The first-order chi connectivity index (χ1) is 7.84. The minimum atomic E-state index is 0.758. The maximum absolute atomic E-state index is 5.82. The molecule has 1 aromatic carbocycles. The van der Waals surface area contributed by atoms with Gasteiger partial charge in [0.2, 0.25) is 0 Å². The van der Waals surface area contributed by atoms with Crippen LogP contribution in [0.4, 0.5) is 5.69 Å². The number of benzene rings is 1. The van der Waals surface area contributed by atoms with E-state index < -0.39 is 0 Å². The smallest absolute Gasteiger partial charge is 0.0912 e. The Kier molecular flexibility index (Phi) is 4.23. The molecule has 86 valence electrons. The number of hydrogen-bond acceptors (Lipinski definition) is 1. The van der Waals surface area contributed by atoms with Crippen molar-refractivity contribution in [1.82, 2.24) is 4.90 Å². The zero-order valence-corrected chi connectivity index (χ0v) is 10.2. The SMILES string of the molecule is Clc1ccc(N=CN2CCCCCC2)cc1. The molecule has 1 aromatic rings. The summed E-state index contributed by atoms with van der Waals surface area (Å²) in [5.74, 6) is 0. The molecule has 1 heterocycles. The van der Waals surface area contributed by atoms with Crippen molar-refractivity contribution in [1.29, 1.82) is 0 Å². The van der Waals surface area contributed by atoms with Gasteiger partial charge in [-0.3, -0.25) is 0 Å². The molecule has 0 aliphatic carbocycles. The second-order valence-electron chi connectivity index (χ2n) is 4.17. The summed E-state index contributed by atoms with van der Waals surface area (Å²) >= 11 is 5.82. The molecular formula is C13H17ClN2. The van der Waals surface area contributed by atoms with Gasteiger partial charge >= 0.3 is 0 Å². The lowest BCUT2D eigenvalue weighted by molar-refractivity contribution is 0.448. The Labute approximate surface area is 102 Å². The van der Waals surface area contributed by atoms with Gasteiger partial charge in [-0.1, -0.05) is 24.4 Å². The van der Waals surface area contributed by atoms with E-state index >= 15 is 0 Å². The van der Waals surface area contributed by atoms with E-state index in [2.05, 4.69) is 9.89 Å². The van der Waals surface area contributed by atoms with Crippen LogP contribution in [0, 0.1) is 0 Å². The number of halogens is 1. The average Bonchev–Trinajstić information content (AvgIpc) is 2.57. The van der Waals surface area contributed by atoms with E-state index in [9.17, 15) is 0 Å². The van der Waals surface area contributed by atoms with E-state index in [-0.39, 0.29) is 0 Å². The van der Waals surface area contributed by atoms with Gasteiger partial charge in [0.05, 0.1) is 12.0 Å². The van der Waals surface area contributed by atoms with Gasteiger partial charge < -0.3 is 4.90 Å². The predicted octanol–water partition coefficient (Wildman–Crippen LogP) is 3.88. The monoisotopic (exact) mass is 236 g/mol. The molecular weight excluding hydrogens is 220 g/mol. The lowest BCUT2D eigenvalue weighted by atomic mass is 10.2. The highest BCUT2D eigenvalue weighted by atomic mass is 35.5. The van der Waals surface area contributed by atoms with Crippen molar-refractivity contribution in [2.75, 3.05) is 13.1 Å². The molecule has 1 aliphatic heterocycles. The first kappa shape index (κ1) is 11.5. The molecule has 0 spiro atoms. The minimum absolute atomic E-state index is 0.758. The third-order valence-corrected chi connectivity index (χ3v) is 3.09. The van der Waals surface area contributed by atoms with E-state index in [1.165, 1.54) is 25.7 Å². The Morgan fingerprint density at radius 2 is 1.62 bits per heavy atom. The van der Waals surface area contributed by atoms with Crippen LogP contribution in [0.3, 0.4) is 0 Å². The van der Waals surface area contributed by atoms with E-state index in [0.717, 1.165) is 23.8 Å². The third kappa shape index (κ3) is 3.53. The number of nitrogens with zero attached hydrogens (tertiary/aromatic N) is 2. The molecule has 1 fully saturated rings. The topological polar surface area (TPSA) is 15.6 Å². The molecule has 2 nitrogen and oxygen atoms in total. The van der Waals surface area contributed by atoms with Crippen molar-refractivity contribution in [3.8, 4) is 0 Å². The number of rotatable bonds is 2. The van der Waals surface area contributed by atoms with E-state index in [1.54, 1.807) is 0 Å². The Hall–Kier alpha value is -1.02. The fraction of sp³-hybridized carbons (Fsp3) is 0.462. The highest BCUT2D eigenvalue weighted by Crippen LogP contribution is 2.16.